The number of rotatable bonds is 6. The Bertz CT molecular complexity index is 1320. The van der Waals surface area contributed by atoms with Gasteiger partial charge in [0, 0.05) is 28.4 Å². The highest BCUT2D eigenvalue weighted by Crippen LogP contribution is 2.45. The van der Waals surface area contributed by atoms with Crippen molar-refractivity contribution in [3.05, 3.63) is 105 Å². The quantitative estimate of drug-likeness (QED) is 0.201. The molecule has 1 aliphatic heterocycles. The molecule has 33 heavy (non-hydrogen) atoms. The lowest BCUT2D eigenvalue weighted by atomic mass is 9.94. The average molecular weight is 527 g/mol. The zero-order valence-corrected chi connectivity index (χ0v) is 20.3. The van der Waals surface area contributed by atoms with Crippen molar-refractivity contribution in [2.24, 2.45) is 10.9 Å². The van der Waals surface area contributed by atoms with Gasteiger partial charge in [-0.1, -0.05) is 63.6 Å². The van der Waals surface area contributed by atoms with Gasteiger partial charge in [-0.3, -0.25) is 0 Å². The number of hydrogen-bond donors (Lipinski definition) is 2. The van der Waals surface area contributed by atoms with Crippen molar-refractivity contribution in [1.29, 1.82) is 0 Å². The molecule has 3 aromatic rings. The van der Waals surface area contributed by atoms with E-state index in [-0.39, 0.29) is 22.1 Å². The smallest absolute Gasteiger partial charge is 0.206 e. The molecule has 6 nitrogen and oxygen atoms in total. The summed E-state index contributed by atoms with van der Waals surface area (Å²) < 4.78 is 34.7. The van der Waals surface area contributed by atoms with Gasteiger partial charge < -0.3 is 15.7 Å². The number of halogens is 1. The monoisotopic (exact) mass is 526 g/mol. The predicted octanol–water partition coefficient (Wildman–Crippen LogP) is 5.11. The largest absolute Gasteiger partial charge is 0.485 e. The average Bonchev–Trinajstić information content (AvgIpc) is 3.17. The van der Waals surface area contributed by atoms with E-state index < -0.39 is 15.4 Å². The second-order valence-corrected chi connectivity index (χ2v) is 11.1. The molecule has 0 bridgehead atoms. The molecule has 4 rings (SSSR count). The molecule has 8 heteroatoms. The van der Waals surface area contributed by atoms with Crippen LogP contribution in [-0.4, -0.2) is 25.1 Å². The third-order valence-corrected chi connectivity index (χ3v) is 7.96. The Morgan fingerprint density at radius 2 is 1.70 bits per heavy atom. The van der Waals surface area contributed by atoms with E-state index in [2.05, 4.69) is 21.1 Å². The first-order valence-electron chi connectivity index (χ1n) is 10.3. The van der Waals surface area contributed by atoms with Crippen LogP contribution in [0.3, 0.4) is 0 Å². The Kier molecular flexibility index (Phi) is 6.32. The number of ether oxygens (including phenoxy) is 1. The molecule has 3 N–H and O–H groups in total. The van der Waals surface area contributed by atoms with E-state index in [0.29, 0.717) is 23.3 Å². The van der Waals surface area contributed by atoms with Gasteiger partial charge in [-0.25, -0.2) is 8.42 Å². The molecule has 3 aromatic carbocycles. The first-order chi connectivity index (χ1) is 15.7. The third kappa shape index (κ3) is 4.82. The standard InChI is InChI=1S/C25H23BrN2O4S/c1-25(15-17-5-3-2-4-6-17)16-22(23(32-25)18-7-11-20(26)12-8-18)33(30,31)21-13-9-19(10-14-21)24(27)28-29/h2-14,29H,15-16H2,1H3,(H2,27,28). The first-order valence-corrected chi connectivity index (χ1v) is 12.5. The summed E-state index contributed by atoms with van der Waals surface area (Å²) in [5, 5.41) is 11.8. The van der Waals surface area contributed by atoms with E-state index in [1.54, 1.807) is 0 Å². The van der Waals surface area contributed by atoms with Gasteiger partial charge in [0.15, 0.2) is 5.84 Å². The fourth-order valence-corrected chi connectivity index (χ4v) is 5.87. The zero-order valence-electron chi connectivity index (χ0n) is 17.9. The number of benzene rings is 3. The van der Waals surface area contributed by atoms with E-state index in [1.807, 2.05) is 61.5 Å². The number of amidine groups is 1. The van der Waals surface area contributed by atoms with Crippen LogP contribution < -0.4 is 5.73 Å². The molecule has 0 fully saturated rings. The highest BCUT2D eigenvalue weighted by Gasteiger charge is 2.43. The summed E-state index contributed by atoms with van der Waals surface area (Å²) in [6.45, 7) is 1.93. The molecule has 170 valence electrons. The molecule has 0 spiro atoms. The van der Waals surface area contributed by atoms with Crippen LogP contribution in [0, 0.1) is 0 Å². The minimum atomic E-state index is -3.86. The molecule has 0 amide bonds. The van der Waals surface area contributed by atoms with Crippen LogP contribution >= 0.6 is 15.9 Å². The first kappa shape index (κ1) is 23.1. The van der Waals surface area contributed by atoms with Crippen molar-refractivity contribution in [3.63, 3.8) is 0 Å². The van der Waals surface area contributed by atoms with E-state index >= 15 is 0 Å². The van der Waals surface area contributed by atoms with Gasteiger partial charge in [-0.15, -0.1) is 0 Å². The van der Waals surface area contributed by atoms with Crippen LogP contribution in [0.25, 0.3) is 5.76 Å². The molecule has 0 aliphatic carbocycles. The molecule has 1 atom stereocenters. The zero-order chi connectivity index (χ0) is 23.6. The Hall–Kier alpha value is -3.10. The maximum absolute atomic E-state index is 13.7. The molecule has 0 saturated heterocycles. The molecule has 0 radical (unpaired) electrons. The highest BCUT2D eigenvalue weighted by atomic mass is 79.9. The van der Waals surface area contributed by atoms with Crippen molar-refractivity contribution in [2.45, 2.75) is 30.3 Å². The minimum Gasteiger partial charge on any atom is -0.485 e. The van der Waals surface area contributed by atoms with Crippen LogP contribution in [0.5, 0.6) is 0 Å². The number of oxime groups is 1. The molecular weight excluding hydrogens is 504 g/mol. The molecule has 1 heterocycles. The summed E-state index contributed by atoms with van der Waals surface area (Å²) >= 11 is 3.42. The van der Waals surface area contributed by atoms with Gasteiger partial charge in [0.25, 0.3) is 0 Å². The molecule has 0 aromatic heterocycles. The maximum atomic E-state index is 13.7. The number of nitrogens with two attached hydrogens (primary N) is 1. The van der Waals surface area contributed by atoms with E-state index in [0.717, 1.165) is 10.0 Å². The lowest BCUT2D eigenvalue weighted by Crippen LogP contribution is -2.27. The van der Waals surface area contributed by atoms with Crippen molar-refractivity contribution in [2.75, 3.05) is 0 Å². The van der Waals surface area contributed by atoms with E-state index in [1.165, 1.54) is 24.3 Å². The van der Waals surface area contributed by atoms with E-state index in [4.69, 9.17) is 15.7 Å². The third-order valence-electron chi connectivity index (χ3n) is 5.56. The summed E-state index contributed by atoms with van der Waals surface area (Å²) in [5.41, 5.74) is 7.08. The van der Waals surface area contributed by atoms with Crippen molar-refractivity contribution in [3.8, 4) is 0 Å². The fraction of sp³-hybridized carbons (Fsp3) is 0.160. The molecule has 1 unspecified atom stereocenters. The fourth-order valence-electron chi connectivity index (χ4n) is 3.93. The van der Waals surface area contributed by atoms with Crippen LogP contribution in [0.2, 0.25) is 0 Å². The van der Waals surface area contributed by atoms with E-state index in [9.17, 15) is 8.42 Å². The Labute approximate surface area is 201 Å². The second-order valence-electron chi connectivity index (χ2n) is 8.16. The maximum Gasteiger partial charge on any atom is 0.206 e. The number of sulfone groups is 1. The molecule has 0 saturated carbocycles. The van der Waals surface area contributed by atoms with Crippen LogP contribution in [0.4, 0.5) is 0 Å². The predicted molar refractivity (Wildman–Crippen MR) is 131 cm³/mol. The van der Waals surface area contributed by atoms with Gasteiger partial charge in [0.1, 0.15) is 11.4 Å². The van der Waals surface area contributed by atoms with Crippen molar-refractivity contribution < 1.29 is 18.4 Å². The summed E-state index contributed by atoms with van der Waals surface area (Å²) in [6, 6.07) is 23.2. The summed E-state index contributed by atoms with van der Waals surface area (Å²) in [5.74, 6) is 0.273. The molecule has 1 aliphatic rings. The second kappa shape index (κ2) is 9.03. The van der Waals surface area contributed by atoms with Crippen molar-refractivity contribution in [1.82, 2.24) is 0 Å². The normalized spacial score (nSPS) is 18.9. The van der Waals surface area contributed by atoms with Gasteiger partial charge in [0.05, 0.1) is 9.80 Å². The lowest BCUT2D eigenvalue weighted by molar-refractivity contribution is 0.0800. The van der Waals surface area contributed by atoms with Gasteiger partial charge in [-0.05, 0) is 48.9 Å². The van der Waals surface area contributed by atoms with Crippen LogP contribution in [-0.2, 0) is 21.0 Å². The van der Waals surface area contributed by atoms with Gasteiger partial charge in [-0.2, -0.15) is 0 Å². The molecular formula is C25H23BrN2O4S. The summed E-state index contributed by atoms with van der Waals surface area (Å²) in [4.78, 5) is 0.356. The Balaban J connectivity index is 1.76. The van der Waals surface area contributed by atoms with Crippen LogP contribution in [0.1, 0.15) is 30.0 Å². The van der Waals surface area contributed by atoms with Crippen molar-refractivity contribution >= 4 is 37.4 Å². The SMILES string of the molecule is CC1(Cc2ccccc2)CC(S(=O)(=O)c2ccc(/C(N)=N/O)cc2)=C(c2ccc(Br)cc2)O1. The highest BCUT2D eigenvalue weighted by molar-refractivity contribution is 9.10. The Morgan fingerprint density at radius 1 is 1.06 bits per heavy atom. The van der Waals surface area contributed by atoms with Crippen LogP contribution in [0.15, 0.2) is 98.3 Å². The summed E-state index contributed by atoms with van der Waals surface area (Å²) in [7, 11) is -3.86. The lowest BCUT2D eigenvalue weighted by Gasteiger charge is -2.25. The number of hydrogen-bond acceptors (Lipinski definition) is 5. The minimum absolute atomic E-state index is 0.0895. The Morgan fingerprint density at radius 3 is 2.30 bits per heavy atom. The number of nitrogens with zero attached hydrogens (tertiary/aromatic N) is 1. The summed E-state index contributed by atoms with van der Waals surface area (Å²) in [6.07, 6.45) is 0.799. The van der Waals surface area contributed by atoms with Gasteiger partial charge >= 0.3 is 0 Å². The topological polar surface area (TPSA) is 102 Å². The van der Waals surface area contributed by atoms with Gasteiger partial charge in [0.2, 0.25) is 9.84 Å².